The first kappa shape index (κ1) is 12.7. The summed E-state index contributed by atoms with van der Waals surface area (Å²) in [5.74, 6) is 1.08. The summed E-state index contributed by atoms with van der Waals surface area (Å²) in [6.45, 7) is 6.17. The van der Waals surface area contributed by atoms with E-state index in [2.05, 4.69) is 19.2 Å². The van der Waals surface area contributed by atoms with Gasteiger partial charge in [-0.15, -0.1) is 0 Å². The molecule has 3 heteroatoms. The molecule has 0 spiro atoms. The van der Waals surface area contributed by atoms with Gasteiger partial charge in [-0.1, -0.05) is 18.5 Å². The van der Waals surface area contributed by atoms with E-state index < -0.39 is 0 Å². The fourth-order valence-electron chi connectivity index (χ4n) is 2.35. The van der Waals surface area contributed by atoms with Gasteiger partial charge in [-0.05, 0) is 49.6 Å². The molecule has 0 radical (unpaired) electrons. The summed E-state index contributed by atoms with van der Waals surface area (Å²) in [7, 11) is 0. The van der Waals surface area contributed by atoms with Gasteiger partial charge < -0.3 is 10.1 Å². The second-order valence-corrected chi connectivity index (χ2v) is 5.09. The Morgan fingerprint density at radius 2 is 2.29 bits per heavy atom. The van der Waals surface area contributed by atoms with Crippen molar-refractivity contribution in [1.29, 1.82) is 0 Å². The molecule has 1 N–H and O–H groups in total. The Morgan fingerprint density at radius 3 is 3.06 bits per heavy atom. The van der Waals surface area contributed by atoms with Gasteiger partial charge in [0.15, 0.2) is 0 Å². The molecule has 0 aliphatic carbocycles. The summed E-state index contributed by atoms with van der Waals surface area (Å²) >= 11 is 6.13. The Kier molecular flexibility index (Phi) is 4.30. The van der Waals surface area contributed by atoms with Gasteiger partial charge in [0.05, 0.1) is 6.61 Å². The number of ether oxygens (including phenoxy) is 1. The Morgan fingerprint density at radius 1 is 1.47 bits per heavy atom. The van der Waals surface area contributed by atoms with Crippen LogP contribution in [-0.2, 0) is 12.8 Å². The van der Waals surface area contributed by atoms with Crippen LogP contribution in [0.15, 0.2) is 12.1 Å². The van der Waals surface area contributed by atoms with Crippen molar-refractivity contribution in [2.24, 2.45) is 0 Å². The predicted octanol–water partition coefficient (Wildman–Crippen LogP) is 3.21. The van der Waals surface area contributed by atoms with Crippen LogP contribution in [0, 0.1) is 0 Å². The van der Waals surface area contributed by atoms with Crippen LogP contribution in [0.2, 0.25) is 5.02 Å². The van der Waals surface area contributed by atoms with Gasteiger partial charge in [0.25, 0.3) is 0 Å². The lowest BCUT2D eigenvalue weighted by Crippen LogP contribution is -2.25. The molecule has 0 saturated heterocycles. The average Bonchev–Trinajstić information content (AvgIpc) is 2.74. The van der Waals surface area contributed by atoms with Crippen LogP contribution >= 0.6 is 11.6 Å². The zero-order valence-corrected chi connectivity index (χ0v) is 11.3. The molecule has 2 rings (SSSR count). The minimum Gasteiger partial charge on any atom is -0.493 e. The molecule has 94 valence electrons. The van der Waals surface area contributed by atoms with Crippen LogP contribution in [0.3, 0.4) is 0 Å². The summed E-state index contributed by atoms with van der Waals surface area (Å²) < 4.78 is 5.70. The molecule has 0 saturated carbocycles. The summed E-state index contributed by atoms with van der Waals surface area (Å²) in [6, 6.07) is 4.61. The van der Waals surface area contributed by atoms with E-state index in [0.29, 0.717) is 6.04 Å². The molecule has 1 aliphatic rings. The highest BCUT2D eigenvalue weighted by Gasteiger charge is 2.17. The van der Waals surface area contributed by atoms with Crippen molar-refractivity contribution in [3.8, 4) is 5.75 Å². The van der Waals surface area contributed by atoms with Gasteiger partial charge in [-0.3, -0.25) is 0 Å². The molecule has 1 unspecified atom stereocenters. The maximum absolute atomic E-state index is 6.13. The average molecular weight is 254 g/mol. The second kappa shape index (κ2) is 5.74. The number of fused-ring (bicyclic) bond motifs is 1. The lowest BCUT2D eigenvalue weighted by Gasteiger charge is -2.14. The monoisotopic (exact) mass is 253 g/mol. The van der Waals surface area contributed by atoms with E-state index in [-0.39, 0.29) is 0 Å². The predicted molar refractivity (Wildman–Crippen MR) is 72.1 cm³/mol. The maximum Gasteiger partial charge on any atom is 0.125 e. The van der Waals surface area contributed by atoms with Crippen LogP contribution in [0.5, 0.6) is 5.75 Å². The number of benzene rings is 1. The topological polar surface area (TPSA) is 21.3 Å². The van der Waals surface area contributed by atoms with Crippen LogP contribution in [-0.4, -0.2) is 19.2 Å². The molecule has 1 aliphatic heterocycles. The number of hydrogen-bond donors (Lipinski definition) is 1. The van der Waals surface area contributed by atoms with Crippen molar-refractivity contribution < 1.29 is 4.74 Å². The van der Waals surface area contributed by atoms with Crippen LogP contribution in [0.4, 0.5) is 0 Å². The largest absolute Gasteiger partial charge is 0.493 e. The van der Waals surface area contributed by atoms with Gasteiger partial charge >= 0.3 is 0 Å². The van der Waals surface area contributed by atoms with E-state index in [1.807, 2.05) is 12.1 Å². The third-order valence-electron chi connectivity index (χ3n) is 3.22. The summed E-state index contributed by atoms with van der Waals surface area (Å²) in [4.78, 5) is 0. The van der Waals surface area contributed by atoms with E-state index in [1.165, 1.54) is 11.1 Å². The van der Waals surface area contributed by atoms with Crippen LogP contribution < -0.4 is 10.1 Å². The lowest BCUT2D eigenvalue weighted by molar-refractivity contribution is 0.352. The lowest BCUT2D eigenvalue weighted by atomic mass is 10.0. The van der Waals surface area contributed by atoms with E-state index in [1.54, 1.807) is 0 Å². The van der Waals surface area contributed by atoms with Crippen molar-refractivity contribution in [3.63, 3.8) is 0 Å². The highest BCUT2D eigenvalue weighted by molar-refractivity contribution is 6.30. The minimum absolute atomic E-state index is 0.538. The zero-order chi connectivity index (χ0) is 12.3. The van der Waals surface area contributed by atoms with Crippen LogP contribution in [0.1, 0.15) is 31.4 Å². The molecule has 1 heterocycles. The van der Waals surface area contributed by atoms with E-state index >= 15 is 0 Å². The van der Waals surface area contributed by atoms with Gasteiger partial charge in [-0.25, -0.2) is 0 Å². The normalized spacial score (nSPS) is 15.5. The fraction of sp³-hybridized carbons (Fsp3) is 0.571. The Bertz CT molecular complexity index is 392. The highest BCUT2D eigenvalue weighted by Crippen LogP contribution is 2.33. The van der Waals surface area contributed by atoms with Gasteiger partial charge in [0.2, 0.25) is 0 Å². The molecule has 1 aromatic rings. The third-order valence-corrected chi connectivity index (χ3v) is 3.44. The second-order valence-electron chi connectivity index (χ2n) is 4.65. The first-order valence-corrected chi connectivity index (χ1v) is 6.76. The van der Waals surface area contributed by atoms with Crippen molar-refractivity contribution >= 4 is 11.6 Å². The number of rotatable bonds is 5. The molecule has 0 bridgehead atoms. The summed E-state index contributed by atoms with van der Waals surface area (Å²) in [6.07, 6.45) is 3.13. The van der Waals surface area contributed by atoms with Crippen LogP contribution in [0.25, 0.3) is 0 Å². The standard InChI is InChI=1S/C14H20ClNO/c1-3-16-10(2)4-5-11-8-13(15)9-12-6-7-17-14(11)12/h8-10,16H,3-7H2,1-2H3. The SMILES string of the molecule is CCNC(C)CCc1cc(Cl)cc2c1OCC2. The molecular formula is C14H20ClNO. The van der Waals surface area contributed by atoms with Gasteiger partial charge in [0.1, 0.15) is 5.75 Å². The highest BCUT2D eigenvalue weighted by atomic mass is 35.5. The molecule has 1 aromatic carbocycles. The van der Waals surface area contributed by atoms with E-state index in [4.69, 9.17) is 16.3 Å². The third kappa shape index (κ3) is 3.14. The summed E-state index contributed by atoms with van der Waals surface area (Å²) in [5, 5.41) is 4.26. The first-order valence-electron chi connectivity index (χ1n) is 6.38. The number of aryl methyl sites for hydroxylation is 1. The molecule has 0 fully saturated rings. The smallest absolute Gasteiger partial charge is 0.125 e. The maximum atomic E-state index is 6.13. The molecule has 0 aromatic heterocycles. The van der Waals surface area contributed by atoms with Crippen molar-refractivity contribution in [2.75, 3.05) is 13.2 Å². The Labute approximate surface area is 108 Å². The van der Waals surface area contributed by atoms with E-state index in [0.717, 1.165) is 43.2 Å². The van der Waals surface area contributed by atoms with Crippen molar-refractivity contribution in [2.45, 2.75) is 39.2 Å². The molecule has 17 heavy (non-hydrogen) atoms. The fourth-order valence-corrected chi connectivity index (χ4v) is 2.62. The zero-order valence-electron chi connectivity index (χ0n) is 10.6. The van der Waals surface area contributed by atoms with Gasteiger partial charge in [-0.2, -0.15) is 0 Å². The molecule has 0 amide bonds. The minimum atomic E-state index is 0.538. The Hall–Kier alpha value is -0.730. The van der Waals surface area contributed by atoms with E-state index in [9.17, 15) is 0 Å². The molecule has 1 atom stereocenters. The first-order chi connectivity index (χ1) is 8.20. The number of hydrogen-bond acceptors (Lipinski definition) is 2. The molecular weight excluding hydrogens is 234 g/mol. The van der Waals surface area contributed by atoms with Crippen molar-refractivity contribution in [3.05, 3.63) is 28.3 Å². The quantitative estimate of drug-likeness (QED) is 0.870. The Balaban J connectivity index is 2.05. The number of halogens is 1. The van der Waals surface area contributed by atoms with Gasteiger partial charge in [0, 0.05) is 17.5 Å². The van der Waals surface area contributed by atoms with Crippen molar-refractivity contribution in [1.82, 2.24) is 5.32 Å². The summed E-state index contributed by atoms with van der Waals surface area (Å²) in [5.41, 5.74) is 2.53. The molecule has 2 nitrogen and oxygen atoms in total. The number of nitrogens with one attached hydrogen (secondary N) is 1.